The summed E-state index contributed by atoms with van der Waals surface area (Å²) in [7, 11) is 0. The van der Waals surface area contributed by atoms with E-state index in [1.807, 2.05) is 0 Å². The minimum Gasteiger partial charge on any atom is -0.379 e. The van der Waals surface area contributed by atoms with Gasteiger partial charge in [0.15, 0.2) is 0 Å². The Kier molecular flexibility index (Phi) is 4.82. The van der Waals surface area contributed by atoms with Crippen LogP contribution in [0.15, 0.2) is 18.2 Å². The second-order valence-corrected chi connectivity index (χ2v) is 4.64. The van der Waals surface area contributed by atoms with Crippen molar-refractivity contribution in [3.05, 3.63) is 35.4 Å². The van der Waals surface area contributed by atoms with Gasteiger partial charge < -0.3 is 4.74 Å². The molecule has 0 amide bonds. The van der Waals surface area contributed by atoms with Crippen LogP contribution in [0.25, 0.3) is 0 Å². The average molecular weight is 272 g/mol. The molecule has 0 aromatic heterocycles. The Labute approximate surface area is 111 Å². The molecule has 1 radical (unpaired) electrons. The number of hydrogen-bond donors (Lipinski definition) is 0. The van der Waals surface area contributed by atoms with Crippen LogP contribution in [0.3, 0.4) is 0 Å². The SMILES string of the molecule is FC(F)(F)c1cc[c]cc1CCCN1CCOCC1. The third-order valence-electron chi connectivity index (χ3n) is 3.28. The standard InChI is InChI=1S/C14H17F3NO/c15-14(16,17)13-6-2-1-4-12(13)5-3-7-18-8-10-19-11-9-18/h2,4,6H,3,5,7-11H2. The molecule has 5 heteroatoms. The van der Waals surface area contributed by atoms with Gasteiger partial charge in [-0.1, -0.05) is 12.1 Å². The summed E-state index contributed by atoms with van der Waals surface area (Å²) in [5.41, 5.74) is -0.198. The topological polar surface area (TPSA) is 12.5 Å². The molecular weight excluding hydrogens is 255 g/mol. The molecule has 0 N–H and O–H groups in total. The molecule has 2 nitrogen and oxygen atoms in total. The van der Waals surface area contributed by atoms with Crippen LogP contribution in [-0.4, -0.2) is 37.7 Å². The minimum atomic E-state index is -4.27. The van der Waals surface area contributed by atoms with E-state index in [1.165, 1.54) is 12.1 Å². The predicted molar refractivity (Wildman–Crippen MR) is 65.9 cm³/mol. The first-order valence-corrected chi connectivity index (χ1v) is 6.43. The summed E-state index contributed by atoms with van der Waals surface area (Å²) >= 11 is 0. The van der Waals surface area contributed by atoms with Crippen LogP contribution in [0.1, 0.15) is 17.5 Å². The summed E-state index contributed by atoms with van der Waals surface area (Å²) in [6.45, 7) is 3.98. The molecule has 1 fully saturated rings. The van der Waals surface area contributed by atoms with E-state index in [2.05, 4.69) is 11.0 Å². The molecule has 1 saturated heterocycles. The van der Waals surface area contributed by atoms with Crippen LogP contribution in [0.2, 0.25) is 0 Å². The third-order valence-corrected chi connectivity index (χ3v) is 3.28. The Morgan fingerprint density at radius 3 is 2.68 bits per heavy atom. The zero-order chi connectivity index (χ0) is 13.7. The number of rotatable bonds is 4. The first-order valence-electron chi connectivity index (χ1n) is 6.43. The fourth-order valence-electron chi connectivity index (χ4n) is 2.27. The minimum absolute atomic E-state index is 0.336. The molecule has 0 atom stereocenters. The molecule has 1 heterocycles. The molecule has 0 spiro atoms. The van der Waals surface area contributed by atoms with Crippen LogP contribution < -0.4 is 0 Å². The van der Waals surface area contributed by atoms with Crippen molar-refractivity contribution in [2.24, 2.45) is 0 Å². The van der Waals surface area contributed by atoms with Gasteiger partial charge in [0.25, 0.3) is 0 Å². The molecule has 0 aliphatic carbocycles. The lowest BCUT2D eigenvalue weighted by molar-refractivity contribution is -0.138. The molecule has 19 heavy (non-hydrogen) atoms. The number of morpholine rings is 1. The van der Waals surface area contributed by atoms with Crippen molar-refractivity contribution in [1.82, 2.24) is 4.90 Å². The second kappa shape index (κ2) is 6.39. The molecule has 2 rings (SSSR count). The van der Waals surface area contributed by atoms with Gasteiger partial charge in [-0.2, -0.15) is 13.2 Å². The van der Waals surface area contributed by atoms with Crippen molar-refractivity contribution >= 4 is 0 Å². The van der Waals surface area contributed by atoms with Gasteiger partial charge in [0, 0.05) is 13.1 Å². The lowest BCUT2D eigenvalue weighted by Gasteiger charge is -2.26. The van der Waals surface area contributed by atoms with Crippen molar-refractivity contribution < 1.29 is 17.9 Å². The lowest BCUT2D eigenvalue weighted by atomic mass is 10.0. The van der Waals surface area contributed by atoms with Gasteiger partial charge in [-0.15, -0.1) is 0 Å². The average Bonchev–Trinajstić information content (AvgIpc) is 2.39. The molecule has 1 aromatic rings. The molecule has 0 bridgehead atoms. The predicted octanol–water partition coefficient (Wildman–Crippen LogP) is 2.77. The van der Waals surface area contributed by atoms with E-state index in [0.29, 0.717) is 25.2 Å². The number of halogens is 3. The van der Waals surface area contributed by atoms with Crippen LogP contribution in [0, 0.1) is 6.07 Å². The van der Waals surface area contributed by atoms with Crippen LogP contribution in [0.4, 0.5) is 13.2 Å². The third kappa shape index (κ3) is 4.21. The van der Waals surface area contributed by atoms with Crippen LogP contribution in [-0.2, 0) is 17.3 Å². The van der Waals surface area contributed by atoms with Gasteiger partial charge in [0.2, 0.25) is 0 Å². The monoisotopic (exact) mass is 272 g/mol. The van der Waals surface area contributed by atoms with Crippen molar-refractivity contribution in [1.29, 1.82) is 0 Å². The maximum absolute atomic E-state index is 12.8. The van der Waals surface area contributed by atoms with E-state index in [9.17, 15) is 13.2 Å². The fourth-order valence-corrected chi connectivity index (χ4v) is 2.27. The quantitative estimate of drug-likeness (QED) is 0.835. The van der Waals surface area contributed by atoms with Crippen molar-refractivity contribution in [3.8, 4) is 0 Å². The van der Waals surface area contributed by atoms with Crippen molar-refractivity contribution in [3.63, 3.8) is 0 Å². The number of hydrogen-bond acceptors (Lipinski definition) is 2. The second-order valence-electron chi connectivity index (χ2n) is 4.64. The Morgan fingerprint density at radius 1 is 1.26 bits per heavy atom. The van der Waals surface area contributed by atoms with Gasteiger partial charge in [-0.3, -0.25) is 4.90 Å². The number of alkyl halides is 3. The molecule has 0 saturated carbocycles. The Hall–Kier alpha value is -1.07. The highest BCUT2D eigenvalue weighted by Crippen LogP contribution is 2.32. The maximum Gasteiger partial charge on any atom is 0.416 e. The first kappa shape index (κ1) is 14.3. The zero-order valence-electron chi connectivity index (χ0n) is 10.7. The number of ether oxygens (including phenoxy) is 1. The highest BCUT2D eigenvalue weighted by atomic mass is 19.4. The van der Waals surface area contributed by atoms with Gasteiger partial charge in [0.1, 0.15) is 0 Å². The van der Waals surface area contributed by atoms with E-state index in [-0.39, 0.29) is 0 Å². The number of benzene rings is 1. The van der Waals surface area contributed by atoms with Gasteiger partial charge in [-0.25, -0.2) is 0 Å². The molecule has 0 unspecified atom stereocenters. The molecule has 105 valence electrons. The maximum atomic E-state index is 12.8. The largest absolute Gasteiger partial charge is 0.416 e. The summed E-state index contributed by atoms with van der Waals surface area (Å²) in [6.07, 6.45) is -3.12. The summed E-state index contributed by atoms with van der Waals surface area (Å²) in [5.74, 6) is 0. The first-order chi connectivity index (χ1) is 9.07. The molecule has 1 aliphatic heterocycles. The van der Waals surface area contributed by atoms with Crippen molar-refractivity contribution in [2.75, 3.05) is 32.8 Å². The van der Waals surface area contributed by atoms with E-state index in [0.717, 1.165) is 32.1 Å². The highest BCUT2D eigenvalue weighted by Gasteiger charge is 2.32. The smallest absolute Gasteiger partial charge is 0.379 e. The van der Waals surface area contributed by atoms with Gasteiger partial charge >= 0.3 is 6.18 Å². The summed E-state index contributed by atoms with van der Waals surface area (Å²) in [6, 6.07) is 6.59. The Morgan fingerprint density at radius 2 is 2.00 bits per heavy atom. The lowest BCUT2D eigenvalue weighted by Crippen LogP contribution is -2.37. The Balaban J connectivity index is 1.88. The van der Waals surface area contributed by atoms with E-state index in [1.54, 1.807) is 0 Å². The van der Waals surface area contributed by atoms with Crippen LogP contribution in [0.5, 0.6) is 0 Å². The number of nitrogens with zero attached hydrogens (tertiary/aromatic N) is 1. The van der Waals surface area contributed by atoms with Gasteiger partial charge in [-0.05, 0) is 37.1 Å². The highest BCUT2D eigenvalue weighted by molar-refractivity contribution is 5.29. The molecule has 1 aliphatic rings. The van der Waals surface area contributed by atoms with Crippen molar-refractivity contribution in [2.45, 2.75) is 19.0 Å². The van der Waals surface area contributed by atoms with E-state index in [4.69, 9.17) is 4.74 Å². The summed E-state index contributed by atoms with van der Waals surface area (Å²) in [4.78, 5) is 2.23. The number of aryl methyl sites for hydroxylation is 1. The summed E-state index contributed by atoms with van der Waals surface area (Å²) < 4.78 is 43.6. The Bertz CT molecular complexity index is 400. The molecule has 1 aromatic carbocycles. The molecular formula is C14H17F3NO. The normalized spacial score (nSPS) is 17.6. The van der Waals surface area contributed by atoms with E-state index < -0.39 is 11.7 Å². The summed E-state index contributed by atoms with van der Waals surface area (Å²) in [5, 5.41) is 0. The zero-order valence-corrected chi connectivity index (χ0v) is 10.7. The van der Waals surface area contributed by atoms with E-state index >= 15 is 0 Å². The van der Waals surface area contributed by atoms with Gasteiger partial charge in [0.05, 0.1) is 18.8 Å². The fraction of sp³-hybridized carbons (Fsp3) is 0.571. The van der Waals surface area contributed by atoms with Crippen LogP contribution >= 0.6 is 0 Å².